The van der Waals surface area contributed by atoms with Crippen LogP contribution >= 0.6 is 0 Å². The molecule has 0 fully saturated rings. The second-order valence-electron chi connectivity index (χ2n) is 3.99. The Morgan fingerprint density at radius 1 is 1.47 bits per heavy atom. The fourth-order valence-corrected chi connectivity index (χ4v) is 1.45. The Bertz CT molecular complexity index is 607. The van der Waals surface area contributed by atoms with Crippen molar-refractivity contribution in [1.29, 1.82) is 5.26 Å². The predicted octanol–water partition coefficient (Wildman–Crippen LogP) is 1.24. The number of hydrogen-bond donors (Lipinski definition) is 2. The predicted molar refractivity (Wildman–Crippen MR) is 72.2 cm³/mol. The van der Waals surface area contributed by atoms with Gasteiger partial charge in [0.25, 0.3) is 0 Å². The third-order valence-electron chi connectivity index (χ3n) is 2.45. The second kappa shape index (κ2) is 5.64. The molecule has 0 unspecified atom stereocenters. The monoisotopic (exact) mass is 255 g/mol. The molecule has 19 heavy (non-hydrogen) atoms. The highest BCUT2D eigenvalue weighted by atomic mass is 15.5. The first kappa shape index (κ1) is 12.6. The summed E-state index contributed by atoms with van der Waals surface area (Å²) in [6.07, 6.45) is 1.56. The first-order chi connectivity index (χ1) is 9.20. The Kier molecular flexibility index (Phi) is 3.73. The molecule has 0 atom stereocenters. The molecule has 0 aliphatic heterocycles. The van der Waals surface area contributed by atoms with Gasteiger partial charge in [0.2, 0.25) is 5.82 Å². The van der Waals surface area contributed by atoms with Crippen molar-refractivity contribution in [2.24, 2.45) is 0 Å². The zero-order valence-electron chi connectivity index (χ0n) is 10.6. The van der Waals surface area contributed by atoms with Crippen molar-refractivity contribution in [2.75, 3.05) is 24.3 Å². The third kappa shape index (κ3) is 3.07. The molecule has 0 amide bonds. The van der Waals surface area contributed by atoms with Gasteiger partial charge in [0.1, 0.15) is 11.6 Å². The lowest BCUT2D eigenvalue weighted by molar-refractivity contribution is 0.881. The van der Waals surface area contributed by atoms with Gasteiger partial charge < -0.3 is 10.2 Å². The van der Waals surface area contributed by atoms with Crippen LogP contribution in [0.5, 0.6) is 0 Å². The Balaban J connectivity index is 2.17. The SMILES string of the molecule is CN(C)c1cccc(NC=C(C#N)c2nn[nH]n2)c1. The highest BCUT2D eigenvalue weighted by Gasteiger charge is 2.05. The Hall–Kier alpha value is -2.88. The molecule has 1 heterocycles. The molecular weight excluding hydrogens is 242 g/mol. The first-order valence-electron chi connectivity index (χ1n) is 5.58. The van der Waals surface area contributed by atoms with Gasteiger partial charge in [-0.15, -0.1) is 10.2 Å². The molecule has 0 aliphatic rings. The first-order valence-corrected chi connectivity index (χ1v) is 5.58. The summed E-state index contributed by atoms with van der Waals surface area (Å²) in [6.45, 7) is 0. The zero-order chi connectivity index (χ0) is 13.7. The molecule has 7 heteroatoms. The fourth-order valence-electron chi connectivity index (χ4n) is 1.45. The highest BCUT2D eigenvalue weighted by Crippen LogP contribution is 2.18. The van der Waals surface area contributed by atoms with Crippen LogP contribution in [-0.4, -0.2) is 34.7 Å². The quantitative estimate of drug-likeness (QED) is 0.798. The molecule has 1 aromatic carbocycles. The van der Waals surface area contributed by atoms with Crippen LogP contribution in [0.4, 0.5) is 11.4 Å². The van der Waals surface area contributed by atoms with Crippen LogP contribution in [0.25, 0.3) is 5.57 Å². The smallest absolute Gasteiger partial charge is 0.216 e. The maximum atomic E-state index is 9.03. The van der Waals surface area contributed by atoms with E-state index in [1.807, 2.05) is 49.3 Å². The van der Waals surface area contributed by atoms with E-state index in [1.165, 1.54) is 0 Å². The largest absolute Gasteiger partial charge is 0.378 e. The minimum absolute atomic E-state index is 0.263. The third-order valence-corrected chi connectivity index (χ3v) is 2.45. The molecule has 0 saturated carbocycles. The van der Waals surface area contributed by atoms with Gasteiger partial charge in [0, 0.05) is 31.7 Å². The van der Waals surface area contributed by atoms with E-state index in [-0.39, 0.29) is 5.82 Å². The normalized spacial score (nSPS) is 10.9. The summed E-state index contributed by atoms with van der Waals surface area (Å²) in [5, 5.41) is 25.3. The molecule has 0 radical (unpaired) electrons. The number of nitrogens with zero attached hydrogens (tertiary/aromatic N) is 5. The van der Waals surface area contributed by atoms with Gasteiger partial charge in [0.15, 0.2) is 0 Å². The standard InChI is InChI=1S/C12H13N7/c1-19(2)11-5-3-4-10(6-11)14-8-9(7-13)12-15-17-18-16-12/h3-6,8,14H,1-2H3,(H,15,16,17,18). The number of allylic oxidation sites excluding steroid dienone is 1. The number of nitrogens with one attached hydrogen (secondary N) is 2. The van der Waals surface area contributed by atoms with Crippen LogP contribution in [0.1, 0.15) is 5.82 Å². The summed E-state index contributed by atoms with van der Waals surface area (Å²) in [5.74, 6) is 0.263. The number of anilines is 2. The van der Waals surface area contributed by atoms with Crippen molar-refractivity contribution in [1.82, 2.24) is 20.6 Å². The number of hydrogen-bond acceptors (Lipinski definition) is 6. The van der Waals surface area contributed by atoms with Crippen LogP contribution in [0.15, 0.2) is 30.5 Å². The number of benzene rings is 1. The van der Waals surface area contributed by atoms with Gasteiger partial charge in [-0.05, 0) is 23.4 Å². The molecule has 2 N–H and O–H groups in total. The van der Waals surface area contributed by atoms with Gasteiger partial charge in [0.05, 0.1) is 0 Å². The Morgan fingerprint density at radius 2 is 2.32 bits per heavy atom. The van der Waals surface area contributed by atoms with Gasteiger partial charge in [-0.2, -0.15) is 10.5 Å². The Morgan fingerprint density at radius 3 is 2.95 bits per heavy atom. The molecule has 7 nitrogen and oxygen atoms in total. The number of tetrazole rings is 1. The van der Waals surface area contributed by atoms with Gasteiger partial charge in [-0.3, -0.25) is 0 Å². The molecular formula is C12H13N7. The second-order valence-corrected chi connectivity index (χ2v) is 3.99. The van der Waals surface area contributed by atoms with Gasteiger partial charge in [-0.1, -0.05) is 6.07 Å². The summed E-state index contributed by atoms with van der Waals surface area (Å²) in [7, 11) is 3.93. The van der Waals surface area contributed by atoms with Crippen molar-refractivity contribution >= 4 is 16.9 Å². The average molecular weight is 255 g/mol. The minimum atomic E-state index is 0.263. The molecule has 0 saturated heterocycles. The average Bonchev–Trinajstić information content (AvgIpc) is 2.94. The van der Waals surface area contributed by atoms with Crippen LogP contribution in [0.2, 0.25) is 0 Å². The fraction of sp³-hybridized carbons (Fsp3) is 0.167. The van der Waals surface area contributed by atoms with Crippen LogP contribution < -0.4 is 10.2 Å². The zero-order valence-corrected chi connectivity index (χ0v) is 10.6. The van der Waals surface area contributed by atoms with Crippen LogP contribution in [-0.2, 0) is 0 Å². The van der Waals surface area contributed by atoms with Crippen molar-refractivity contribution < 1.29 is 0 Å². The van der Waals surface area contributed by atoms with Crippen molar-refractivity contribution in [3.63, 3.8) is 0 Å². The van der Waals surface area contributed by atoms with Crippen molar-refractivity contribution in [2.45, 2.75) is 0 Å². The summed E-state index contributed by atoms with van der Waals surface area (Å²) in [6, 6.07) is 9.84. The molecule has 96 valence electrons. The molecule has 0 bridgehead atoms. The maximum Gasteiger partial charge on any atom is 0.216 e. The topological polar surface area (TPSA) is 93.5 Å². The van der Waals surface area contributed by atoms with Gasteiger partial charge >= 0.3 is 0 Å². The lowest BCUT2D eigenvalue weighted by Gasteiger charge is -2.13. The molecule has 0 spiro atoms. The summed E-state index contributed by atoms with van der Waals surface area (Å²) in [5.41, 5.74) is 2.25. The van der Waals surface area contributed by atoms with Crippen molar-refractivity contribution in [3.05, 3.63) is 36.3 Å². The number of aromatic nitrogens is 4. The molecule has 0 aliphatic carbocycles. The van der Waals surface area contributed by atoms with Crippen LogP contribution in [0.3, 0.4) is 0 Å². The van der Waals surface area contributed by atoms with Gasteiger partial charge in [-0.25, -0.2) is 0 Å². The number of aromatic amines is 1. The van der Waals surface area contributed by atoms with E-state index in [0.717, 1.165) is 11.4 Å². The highest BCUT2D eigenvalue weighted by molar-refractivity contribution is 5.74. The minimum Gasteiger partial charge on any atom is -0.378 e. The van der Waals surface area contributed by atoms with E-state index in [1.54, 1.807) is 6.20 Å². The van der Waals surface area contributed by atoms with E-state index >= 15 is 0 Å². The number of rotatable bonds is 4. The maximum absolute atomic E-state index is 9.03. The number of nitriles is 1. The molecule has 1 aromatic heterocycles. The van der Waals surface area contributed by atoms with E-state index in [2.05, 4.69) is 25.9 Å². The summed E-state index contributed by atoms with van der Waals surface area (Å²) >= 11 is 0. The molecule has 2 aromatic rings. The summed E-state index contributed by atoms with van der Waals surface area (Å²) in [4.78, 5) is 2.00. The van der Waals surface area contributed by atoms with E-state index in [4.69, 9.17) is 5.26 Å². The lowest BCUT2D eigenvalue weighted by atomic mass is 10.2. The van der Waals surface area contributed by atoms with Crippen LogP contribution in [0, 0.1) is 11.3 Å². The summed E-state index contributed by atoms with van der Waals surface area (Å²) < 4.78 is 0. The lowest BCUT2D eigenvalue weighted by Crippen LogP contribution is -2.08. The Labute approximate surface area is 110 Å². The van der Waals surface area contributed by atoms with E-state index < -0.39 is 0 Å². The van der Waals surface area contributed by atoms with E-state index in [0.29, 0.717) is 5.57 Å². The van der Waals surface area contributed by atoms with Crippen molar-refractivity contribution in [3.8, 4) is 6.07 Å². The van der Waals surface area contributed by atoms with E-state index in [9.17, 15) is 0 Å². The number of H-pyrrole nitrogens is 1. The molecule has 2 rings (SSSR count).